The Morgan fingerprint density at radius 1 is 1.19 bits per heavy atom. The molecule has 0 aliphatic heterocycles. The fourth-order valence-electron chi connectivity index (χ4n) is 0.585. The number of aromatic nitrogens is 2. The predicted octanol–water partition coefficient (Wildman–Crippen LogP) is 4.25. The summed E-state index contributed by atoms with van der Waals surface area (Å²) >= 11 is 0. The average molecular weight is 236 g/mol. The first kappa shape index (κ1) is 17.3. The van der Waals surface area contributed by atoms with E-state index < -0.39 is 12.0 Å². The first-order chi connectivity index (χ1) is 7.41. The molecule has 0 saturated heterocycles. The van der Waals surface area contributed by atoms with E-state index in [-0.39, 0.29) is 0 Å². The number of alkyl halides is 3. The lowest BCUT2D eigenvalue weighted by Crippen LogP contribution is -2.10. The van der Waals surface area contributed by atoms with Gasteiger partial charge in [0.05, 0.1) is 0 Å². The SMILES string of the molecule is CC.CCC.Cc1ccnc(C(F)(F)F)n1. The van der Waals surface area contributed by atoms with E-state index in [0.29, 0.717) is 5.69 Å². The molecule has 1 rings (SSSR count). The van der Waals surface area contributed by atoms with E-state index in [2.05, 4.69) is 23.8 Å². The first-order valence-electron chi connectivity index (χ1n) is 5.28. The van der Waals surface area contributed by atoms with Crippen molar-refractivity contribution in [3.8, 4) is 0 Å². The maximum absolute atomic E-state index is 11.8. The molecule has 0 aromatic carbocycles. The van der Waals surface area contributed by atoms with Gasteiger partial charge in [-0.05, 0) is 13.0 Å². The molecule has 0 saturated carbocycles. The second-order valence-electron chi connectivity index (χ2n) is 2.73. The third kappa shape index (κ3) is 8.20. The zero-order chi connectivity index (χ0) is 13.2. The molecule has 0 unspecified atom stereocenters. The molecule has 2 nitrogen and oxygen atoms in total. The van der Waals surface area contributed by atoms with E-state index in [4.69, 9.17) is 0 Å². The number of nitrogens with zero attached hydrogens (tertiary/aromatic N) is 2. The highest BCUT2D eigenvalue weighted by molar-refractivity contribution is 5.01. The van der Waals surface area contributed by atoms with Gasteiger partial charge in [-0.25, -0.2) is 9.97 Å². The van der Waals surface area contributed by atoms with Crippen LogP contribution in [0, 0.1) is 6.92 Å². The van der Waals surface area contributed by atoms with Gasteiger partial charge in [0, 0.05) is 11.9 Å². The number of hydrogen-bond acceptors (Lipinski definition) is 2. The molecule has 0 fully saturated rings. The van der Waals surface area contributed by atoms with Gasteiger partial charge in [0.25, 0.3) is 0 Å². The molecule has 0 bridgehead atoms. The van der Waals surface area contributed by atoms with Gasteiger partial charge in [-0.2, -0.15) is 13.2 Å². The van der Waals surface area contributed by atoms with Crippen molar-refractivity contribution in [3.63, 3.8) is 0 Å². The van der Waals surface area contributed by atoms with Gasteiger partial charge < -0.3 is 0 Å². The van der Waals surface area contributed by atoms with Crippen molar-refractivity contribution in [1.82, 2.24) is 9.97 Å². The summed E-state index contributed by atoms with van der Waals surface area (Å²) in [5, 5.41) is 0. The smallest absolute Gasteiger partial charge is 0.233 e. The van der Waals surface area contributed by atoms with Crippen molar-refractivity contribution in [2.24, 2.45) is 0 Å². The highest BCUT2D eigenvalue weighted by atomic mass is 19.4. The third-order valence-corrected chi connectivity index (χ3v) is 1.05. The summed E-state index contributed by atoms with van der Waals surface area (Å²) in [6.45, 7) is 9.73. The van der Waals surface area contributed by atoms with Gasteiger partial charge in [0.15, 0.2) is 0 Å². The van der Waals surface area contributed by atoms with Crippen LogP contribution < -0.4 is 0 Å². The van der Waals surface area contributed by atoms with E-state index in [1.54, 1.807) is 0 Å². The Balaban J connectivity index is 0. The van der Waals surface area contributed by atoms with Crippen LogP contribution in [0.3, 0.4) is 0 Å². The monoisotopic (exact) mass is 236 g/mol. The Bertz CT molecular complexity index is 272. The van der Waals surface area contributed by atoms with Crippen molar-refractivity contribution >= 4 is 0 Å². The molecule has 0 aliphatic rings. The summed E-state index contributed by atoms with van der Waals surface area (Å²) in [5.41, 5.74) is 0.312. The maximum atomic E-state index is 11.8. The van der Waals surface area contributed by atoms with E-state index in [0.717, 1.165) is 6.20 Å². The minimum atomic E-state index is -4.44. The largest absolute Gasteiger partial charge is 0.451 e. The van der Waals surface area contributed by atoms with Crippen molar-refractivity contribution < 1.29 is 13.2 Å². The molecule has 1 heterocycles. The summed E-state index contributed by atoms with van der Waals surface area (Å²) in [5.74, 6) is -1.09. The van der Waals surface area contributed by atoms with Crippen LogP contribution >= 0.6 is 0 Å². The van der Waals surface area contributed by atoms with Crippen LogP contribution in [-0.2, 0) is 6.18 Å². The van der Waals surface area contributed by atoms with Crippen LogP contribution in [0.5, 0.6) is 0 Å². The van der Waals surface area contributed by atoms with Gasteiger partial charge in [-0.1, -0.05) is 34.1 Å². The third-order valence-electron chi connectivity index (χ3n) is 1.05. The molecule has 1 aromatic rings. The van der Waals surface area contributed by atoms with Crippen molar-refractivity contribution in [3.05, 3.63) is 23.8 Å². The molecule has 0 spiro atoms. The Kier molecular flexibility index (Phi) is 9.85. The van der Waals surface area contributed by atoms with Crippen LogP contribution in [0.1, 0.15) is 45.6 Å². The predicted molar refractivity (Wildman–Crippen MR) is 59.1 cm³/mol. The van der Waals surface area contributed by atoms with Crippen molar-refractivity contribution in [2.75, 3.05) is 0 Å². The second kappa shape index (κ2) is 9.12. The Labute approximate surface area is 94.9 Å². The van der Waals surface area contributed by atoms with Crippen molar-refractivity contribution in [2.45, 2.75) is 47.2 Å². The van der Waals surface area contributed by atoms with Gasteiger partial charge in [0.1, 0.15) is 0 Å². The maximum Gasteiger partial charge on any atom is 0.451 e. The fraction of sp³-hybridized carbons (Fsp3) is 0.636. The highest BCUT2D eigenvalue weighted by Gasteiger charge is 2.34. The lowest BCUT2D eigenvalue weighted by Gasteiger charge is -2.03. The summed E-state index contributed by atoms with van der Waals surface area (Å²) in [6.07, 6.45) is -2.10. The van der Waals surface area contributed by atoms with Crippen LogP contribution in [0.2, 0.25) is 0 Å². The van der Waals surface area contributed by atoms with E-state index in [9.17, 15) is 13.2 Å². The molecule has 0 amide bonds. The Hall–Kier alpha value is -1.13. The Morgan fingerprint density at radius 3 is 1.88 bits per heavy atom. The summed E-state index contributed by atoms with van der Waals surface area (Å²) in [6, 6.07) is 1.41. The lowest BCUT2D eigenvalue weighted by atomic mass is 10.4. The van der Waals surface area contributed by atoms with Gasteiger partial charge in [-0.3, -0.25) is 0 Å². The molecule has 1 aromatic heterocycles. The average Bonchev–Trinajstić information content (AvgIpc) is 2.21. The lowest BCUT2D eigenvalue weighted by molar-refractivity contribution is -0.145. The van der Waals surface area contributed by atoms with Gasteiger partial charge in [-0.15, -0.1) is 0 Å². The molecule has 94 valence electrons. The number of rotatable bonds is 0. The molecule has 16 heavy (non-hydrogen) atoms. The number of hydrogen-bond donors (Lipinski definition) is 0. The topological polar surface area (TPSA) is 25.8 Å². The molecule has 0 atom stereocenters. The highest BCUT2D eigenvalue weighted by Crippen LogP contribution is 2.25. The molecule has 5 heteroatoms. The van der Waals surface area contributed by atoms with Gasteiger partial charge >= 0.3 is 6.18 Å². The quantitative estimate of drug-likeness (QED) is 0.673. The van der Waals surface area contributed by atoms with E-state index in [1.807, 2.05) is 13.8 Å². The van der Waals surface area contributed by atoms with Gasteiger partial charge in [0.2, 0.25) is 5.82 Å². The molecule has 0 radical (unpaired) electrons. The summed E-state index contributed by atoms with van der Waals surface area (Å²) < 4.78 is 35.5. The van der Waals surface area contributed by atoms with E-state index in [1.165, 1.54) is 19.4 Å². The summed E-state index contributed by atoms with van der Waals surface area (Å²) in [4.78, 5) is 6.28. The molecular formula is C11H19F3N2. The minimum Gasteiger partial charge on any atom is -0.233 e. The van der Waals surface area contributed by atoms with Crippen LogP contribution in [-0.4, -0.2) is 9.97 Å². The van der Waals surface area contributed by atoms with E-state index >= 15 is 0 Å². The zero-order valence-corrected chi connectivity index (χ0v) is 10.4. The Morgan fingerprint density at radius 2 is 1.62 bits per heavy atom. The van der Waals surface area contributed by atoms with Crippen molar-refractivity contribution in [1.29, 1.82) is 0 Å². The fourth-order valence-corrected chi connectivity index (χ4v) is 0.585. The van der Waals surface area contributed by atoms with Crippen LogP contribution in [0.25, 0.3) is 0 Å². The standard InChI is InChI=1S/C6H5F3N2.C3H8.C2H6/c1-4-2-3-10-5(11-4)6(7,8)9;1-3-2;1-2/h2-3H,1H3;3H2,1-2H3;1-2H3. The molecular weight excluding hydrogens is 217 g/mol. The summed E-state index contributed by atoms with van der Waals surface area (Å²) in [7, 11) is 0. The number of halogens is 3. The normalized spacial score (nSPS) is 9.50. The van der Waals surface area contributed by atoms with Crippen LogP contribution in [0.4, 0.5) is 13.2 Å². The number of aryl methyl sites for hydroxylation is 1. The minimum absolute atomic E-state index is 0.312. The zero-order valence-electron chi connectivity index (χ0n) is 10.4. The molecule has 0 aliphatic carbocycles. The van der Waals surface area contributed by atoms with Crippen LogP contribution in [0.15, 0.2) is 12.3 Å². The molecule has 0 N–H and O–H groups in total. The second-order valence-corrected chi connectivity index (χ2v) is 2.73. The first-order valence-corrected chi connectivity index (χ1v) is 5.28.